The van der Waals surface area contributed by atoms with Crippen molar-refractivity contribution in [1.82, 2.24) is 19.8 Å². The van der Waals surface area contributed by atoms with Crippen LogP contribution >= 0.6 is 11.8 Å². The molecule has 9 nitrogen and oxygen atoms in total. The van der Waals surface area contributed by atoms with Crippen LogP contribution in [0.4, 0.5) is 0 Å². The lowest BCUT2D eigenvalue weighted by atomic mass is 9.90. The normalized spacial score (nSPS) is 36.3. The minimum absolute atomic E-state index is 0.116. The molecule has 0 radical (unpaired) electrons. The maximum absolute atomic E-state index is 13.3. The smallest absolute Gasteiger partial charge is 0.237 e. The van der Waals surface area contributed by atoms with Crippen molar-refractivity contribution in [2.45, 2.75) is 81.1 Å². The number of nitrogens with one attached hydrogen (secondary N) is 1. The Hall–Kier alpha value is -1.17. The van der Waals surface area contributed by atoms with Gasteiger partial charge in [0.2, 0.25) is 5.91 Å². The zero-order chi connectivity index (χ0) is 22.7. The van der Waals surface area contributed by atoms with Gasteiger partial charge in [-0.15, -0.1) is 11.8 Å². The summed E-state index contributed by atoms with van der Waals surface area (Å²) in [5, 5.41) is 34.5. The van der Waals surface area contributed by atoms with Crippen LogP contribution in [0.5, 0.6) is 0 Å². The van der Waals surface area contributed by atoms with E-state index in [0.29, 0.717) is 5.92 Å². The van der Waals surface area contributed by atoms with Gasteiger partial charge in [-0.2, -0.15) is 0 Å². The van der Waals surface area contributed by atoms with Crippen molar-refractivity contribution in [2.24, 2.45) is 5.92 Å². The minimum Gasteiger partial charge on any atom is -0.388 e. The average molecular weight is 457 g/mol. The first-order chi connectivity index (χ1) is 14.8. The number of aliphatic hydroxyl groups is 3. The van der Waals surface area contributed by atoms with Crippen LogP contribution in [0, 0.1) is 5.92 Å². The van der Waals surface area contributed by atoms with E-state index in [0.717, 1.165) is 25.8 Å². The summed E-state index contributed by atoms with van der Waals surface area (Å²) in [6.45, 7) is 4.95. The number of carbonyl (C=O) groups excluding carboxylic acids is 1. The highest BCUT2D eigenvalue weighted by atomic mass is 32.2. The molecule has 0 aromatic carbocycles. The predicted molar refractivity (Wildman–Crippen MR) is 118 cm³/mol. The number of aromatic nitrogens is 2. The van der Waals surface area contributed by atoms with Crippen LogP contribution < -0.4 is 5.32 Å². The molecule has 2 aliphatic heterocycles. The first kappa shape index (κ1) is 24.5. The maximum Gasteiger partial charge on any atom is 0.237 e. The number of likely N-dealkylation sites (tertiary alicyclic amines) is 1. The molecule has 31 heavy (non-hydrogen) atoms. The molecule has 3 unspecified atom stereocenters. The summed E-state index contributed by atoms with van der Waals surface area (Å²) in [7, 11) is 1.96. The molecule has 1 amide bonds. The molecule has 0 aliphatic carbocycles. The second-order valence-corrected chi connectivity index (χ2v) is 9.74. The zero-order valence-corrected chi connectivity index (χ0v) is 19.5. The molecule has 9 atom stereocenters. The molecular weight excluding hydrogens is 420 g/mol. The number of nitrogens with zero attached hydrogens (tertiary/aromatic N) is 3. The van der Waals surface area contributed by atoms with Crippen LogP contribution in [-0.4, -0.2) is 97.5 Å². The number of aliphatic hydroxyl groups excluding tert-OH is 3. The second kappa shape index (κ2) is 10.6. The second-order valence-electron chi connectivity index (χ2n) is 8.81. The van der Waals surface area contributed by atoms with Gasteiger partial charge in [0.25, 0.3) is 0 Å². The Labute approximate surface area is 188 Å². The number of carbonyl (C=O) groups is 1. The summed E-state index contributed by atoms with van der Waals surface area (Å²) in [5.74, 6) is 0.375. The summed E-state index contributed by atoms with van der Waals surface area (Å²) in [6, 6.07) is -1.18. The van der Waals surface area contributed by atoms with Crippen LogP contribution in [0.2, 0.25) is 0 Å². The Bertz CT molecular complexity index is 706. The average Bonchev–Trinajstić information content (AvgIpc) is 3.41. The van der Waals surface area contributed by atoms with Gasteiger partial charge in [0.15, 0.2) is 0 Å². The first-order valence-corrected chi connectivity index (χ1v) is 12.3. The van der Waals surface area contributed by atoms with E-state index in [2.05, 4.69) is 22.1 Å². The van der Waals surface area contributed by atoms with Crippen LogP contribution in [0.3, 0.4) is 0 Å². The minimum atomic E-state index is -1.37. The number of thioether (sulfide) groups is 1. The third kappa shape index (κ3) is 5.26. The molecule has 10 heteroatoms. The van der Waals surface area contributed by atoms with Crippen molar-refractivity contribution in [3.8, 4) is 0 Å². The topological polar surface area (TPSA) is 120 Å². The van der Waals surface area contributed by atoms with Crippen molar-refractivity contribution in [3.63, 3.8) is 0 Å². The van der Waals surface area contributed by atoms with E-state index in [1.807, 2.05) is 18.5 Å². The van der Waals surface area contributed by atoms with Gasteiger partial charge >= 0.3 is 0 Å². The fraction of sp³-hybridized carbons (Fsp3) is 0.810. The van der Waals surface area contributed by atoms with Crippen molar-refractivity contribution >= 4 is 17.7 Å². The summed E-state index contributed by atoms with van der Waals surface area (Å²) in [4.78, 5) is 19.5. The zero-order valence-electron chi connectivity index (χ0n) is 18.7. The van der Waals surface area contributed by atoms with Gasteiger partial charge in [0.05, 0.1) is 24.5 Å². The Morgan fingerprint density at radius 2 is 2.06 bits per heavy atom. The van der Waals surface area contributed by atoms with Crippen LogP contribution in [0.15, 0.2) is 18.7 Å². The Morgan fingerprint density at radius 1 is 1.32 bits per heavy atom. The molecule has 4 N–H and O–H groups in total. The SMILES string of the molecule is CCC[C@@H]1C[C@@H](C(=O)N[C@@H]([C@H]2OC(SC)[C@H](O)C(O)C2O)[C@H](C)n2ccnc2)N(C)C1. The number of ether oxygens (including phenoxy) is 1. The standard InChI is InChI=1S/C21H36N4O5S/c1-5-6-13-9-14(24(3)10-13)20(29)23-15(12(2)25-8-7-22-11-25)19-17(27)16(26)18(28)21(30-19)31-4/h7-8,11-19,21,26-28H,5-6,9-10H2,1-4H3,(H,23,29)/t12-,13+,14-,15+,16?,17?,18+,19+,21?/m0/s1. The number of hydrogen-bond acceptors (Lipinski definition) is 8. The molecule has 176 valence electrons. The molecular formula is C21H36N4O5S. The molecule has 0 spiro atoms. The monoisotopic (exact) mass is 456 g/mol. The lowest BCUT2D eigenvalue weighted by Gasteiger charge is -2.45. The highest BCUT2D eigenvalue weighted by Gasteiger charge is 2.49. The van der Waals surface area contributed by atoms with Crippen molar-refractivity contribution in [1.29, 1.82) is 0 Å². The Kier molecular flexibility index (Phi) is 8.39. The molecule has 1 aromatic rings. The lowest BCUT2D eigenvalue weighted by Crippen LogP contribution is -2.64. The van der Waals surface area contributed by atoms with Crippen molar-refractivity contribution in [3.05, 3.63) is 18.7 Å². The predicted octanol–water partition coefficient (Wildman–Crippen LogP) is 0.220. The summed E-state index contributed by atoms with van der Waals surface area (Å²) in [6.07, 6.45) is 5.01. The summed E-state index contributed by atoms with van der Waals surface area (Å²) < 4.78 is 7.84. The van der Waals surface area contributed by atoms with Gasteiger partial charge in [-0.05, 0) is 39.0 Å². The van der Waals surface area contributed by atoms with Crippen LogP contribution in [0.1, 0.15) is 39.2 Å². The van der Waals surface area contributed by atoms with E-state index < -0.39 is 35.9 Å². The van der Waals surface area contributed by atoms with Gasteiger partial charge in [-0.1, -0.05) is 13.3 Å². The molecule has 3 rings (SSSR count). The van der Waals surface area contributed by atoms with Gasteiger partial charge in [0.1, 0.15) is 29.9 Å². The lowest BCUT2D eigenvalue weighted by molar-refractivity contribution is -0.207. The Balaban J connectivity index is 1.82. The van der Waals surface area contributed by atoms with Crippen molar-refractivity contribution < 1.29 is 24.9 Å². The van der Waals surface area contributed by atoms with Crippen LogP contribution in [0.25, 0.3) is 0 Å². The molecule has 2 saturated heterocycles. The van der Waals surface area contributed by atoms with E-state index in [4.69, 9.17) is 4.74 Å². The highest BCUT2D eigenvalue weighted by molar-refractivity contribution is 7.99. The molecule has 0 saturated carbocycles. The summed E-state index contributed by atoms with van der Waals surface area (Å²) in [5.41, 5.74) is -0.708. The fourth-order valence-electron chi connectivity index (χ4n) is 4.83. The van der Waals surface area contributed by atoms with Gasteiger partial charge in [-0.3, -0.25) is 9.69 Å². The highest BCUT2D eigenvalue weighted by Crippen LogP contribution is 2.32. The van der Waals surface area contributed by atoms with Gasteiger partial charge < -0.3 is 29.9 Å². The number of hydrogen-bond donors (Lipinski definition) is 4. The number of likely N-dealkylation sites (N-methyl/N-ethyl adjacent to an activating group) is 1. The van der Waals surface area contributed by atoms with Gasteiger partial charge in [-0.25, -0.2) is 4.98 Å². The van der Waals surface area contributed by atoms with E-state index in [-0.39, 0.29) is 18.0 Å². The Morgan fingerprint density at radius 3 is 2.68 bits per heavy atom. The van der Waals surface area contributed by atoms with E-state index in [1.54, 1.807) is 25.0 Å². The quantitative estimate of drug-likeness (QED) is 0.439. The number of rotatable bonds is 8. The third-order valence-corrected chi connectivity index (χ3v) is 7.51. The van der Waals surface area contributed by atoms with Crippen molar-refractivity contribution in [2.75, 3.05) is 19.8 Å². The maximum atomic E-state index is 13.3. The van der Waals surface area contributed by atoms with Gasteiger partial charge in [0, 0.05) is 18.9 Å². The fourth-order valence-corrected chi connectivity index (χ4v) is 5.51. The largest absolute Gasteiger partial charge is 0.388 e. The number of amides is 1. The molecule has 2 fully saturated rings. The van der Waals surface area contributed by atoms with Crippen LogP contribution in [-0.2, 0) is 9.53 Å². The molecule has 2 aliphatic rings. The van der Waals surface area contributed by atoms with E-state index in [1.165, 1.54) is 11.8 Å². The first-order valence-electron chi connectivity index (χ1n) is 11.0. The molecule has 1 aromatic heterocycles. The third-order valence-electron chi connectivity index (χ3n) is 6.65. The summed E-state index contributed by atoms with van der Waals surface area (Å²) >= 11 is 1.26. The molecule has 0 bridgehead atoms. The van der Waals surface area contributed by atoms with E-state index >= 15 is 0 Å². The number of imidazole rings is 1. The molecule has 3 heterocycles. The van der Waals surface area contributed by atoms with E-state index in [9.17, 15) is 20.1 Å².